The number of benzene rings is 1. The number of nitrogens with zero attached hydrogens (tertiary/aromatic N) is 1. The highest BCUT2D eigenvalue weighted by Crippen LogP contribution is 2.09. The highest BCUT2D eigenvalue weighted by molar-refractivity contribution is 5.78. The molecule has 1 N–H and O–H groups in total. The average Bonchev–Trinajstić information content (AvgIpc) is 2.49. The fourth-order valence-corrected chi connectivity index (χ4v) is 1.90. The van der Waals surface area contributed by atoms with Gasteiger partial charge in [0.2, 0.25) is 5.91 Å². The van der Waals surface area contributed by atoms with Crippen LogP contribution in [0.5, 0.6) is 0 Å². The van der Waals surface area contributed by atoms with E-state index in [0.29, 0.717) is 18.7 Å². The maximum atomic E-state index is 13.7. The summed E-state index contributed by atoms with van der Waals surface area (Å²) in [6.45, 7) is 4.72. The van der Waals surface area contributed by atoms with Crippen LogP contribution in [0.4, 0.5) is 4.39 Å². The van der Waals surface area contributed by atoms with Gasteiger partial charge in [0.05, 0.1) is 20.1 Å². The van der Waals surface area contributed by atoms with E-state index in [1.165, 1.54) is 13.2 Å². The molecule has 0 heterocycles. The molecule has 0 aromatic heterocycles. The molecule has 0 saturated carbocycles. The second kappa shape index (κ2) is 9.68. The van der Waals surface area contributed by atoms with E-state index in [-0.39, 0.29) is 37.2 Å². The van der Waals surface area contributed by atoms with Crippen molar-refractivity contribution in [3.63, 3.8) is 0 Å². The van der Waals surface area contributed by atoms with Crippen LogP contribution in [0.25, 0.3) is 0 Å². The van der Waals surface area contributed by atoms with Gasteiger partial charge in [-0.3, -0.25) is 14.5 Å². The quantitative estimate of drug-likeness (QED) is 0.555. The summed E-state index contributed by atoms with van der Waals surface area (Å²) in [6.07, 6.45) is 1.78. The van der Waals surface area contributed by atoms with Gasteiger partial charge in [0.15, 0.2) is 0 Å². The number of hydrogen-bond donors (Lipinski definition) is 1. The molecule has 0 unspecified atom stereocenters. The van der Waals surface area contributed by atoms with Crippen LogP contribution >= 0.6 is 0 Å². The molecule has 0 aliphatic rings. The molecular formula is C16H21FN2O3. The first-order valence-corrected chi connectivity index (χ1v) is 6.97. The van der Waals surface area contributed by atoms with Gasteiger partial charge in [0, 0.05) is 25.2 Å². The van der Waals surface area contributed by atoms with E-state index in [1.807, 2.05) is 0 Å². The molecule has 0 bridgehead atoms. The number of hydrogen-bond acceptors (Lipinski definition) is 4. The average molecular weight is 308 g/mol. The summed E-state index contributed by atoms with van der Waals surface area (Å²) in [5, 5.41) is 2.63. The molecule has 0 saturated heterocycles. The van der Waals surface area contributed by atoms with E-state index in [0.717, 1.165) is 0 Å². The number of carbonyl (C=O) groups is 2. The maximum absolute atomic E-state index is 13.7. The molecule has 5 nitrogen and oxygen atoms in total. The lowest BCUT2D eigenvalue weighted by Gasteiger charge is -2.20. The summed E-state index contributed by atoms with van der Waals surface area (Å²) in [6, 6.07) is 6.44. The Bertz CT molecular complexity index is 520. The van der Waals surface area contributed by atoms with Crippen LogP contribution in [0.2, 0.25) is 0 Å². The van der Waals surface area contributed by atoms with E-state index in [1.54, 1.807) is 29.2 Å². The third kappa shape index (κ3) is 6.49. The van der Waals surface area contributed by atoms with Crippen LogP contribution in [-0.4, -0.2) is 43.5 Å². The lowest BCUT2D eigenvalue weighted by molar-refractivity contribution is -0.140. The summed E-state index contributed by atoms with van der Waals surface area (Å²) >= 11 is 0. The highest BCUT2D eigenvalue weighted by atomic mass is 19.1. The first-order valence-electron chi connectivity index (χ1n) is 6.97. The minimum atomic E-state index is -0.380. The second-order valence-electron chi connectivity index (χ2n) is 4.73. The van der Waals surface area contributed by atoms with E-state index in [2.05, 4.69) is 16.6 Å². The number of carbonyl (C=O) groups excluding carboxylic acids is 2. The van der Waals surface area contributed by atoms with Crippen LogP contribution < -0.4 is 5.32 Å². The SMILES string of the molecule is C=CCN(CC(=O)NCCC(=O)OC)Cc1ccccc1F. The molecule has 0 fully saturated rings. The minimum absolute atomic E-state index is 0.0987. The zero-order chi connectivity index (χ0) is 16.4. The molecule has 0 atom stereocenters. The lowest BCUT2D eigenvalue weighted by Crippen LogP contribution is -2.38. The molecule has 0 aliphatic heterocycles. The van der Waals surface area contributed by atoms with Gasteiger partial charge in [-0.05, 0) is 6.07 Å². The van der Waals surface area contributed by atoms with Gasteiger partial charge in [0.25, 0.3) is 0 Å². The van der Waals surface area contributed by atoms with Crippen molar-refractivity contribution in [2.24, 2.45) is 0 Å². The number of nitrogens with one attached hydrogen (secondary N) is 1. The van der Waals surface area contributed by atoms with E-state index < -0.39 is 0 Å². The third-order valence-corrected chi connectivity index (χ3v) is 2.99. The molecule has 0 spiro atoms. The smallest absolute Gasteiger partial charge is 0.307 e. The molecule has 6 heteroatoms. The highest BCUT2D eigenvalue weighted by Gasteiger charge is 2.12. The first kappa shape index (κ1) is 17.8. The van der Waals surface area contributed by atoms with Crippen molar-refractivity contribution in [2.45, 2.75) is 13.0 Å². The summed E-state index contributed by atoms with van der Waals surface area (Å²) in [4.78, 5) is 24.6. The monoisotopic (exact) mass is 308 g/mol. The lowest BCUT2D eigenvalue weighted by atomic mass is 10.2. The zero-order valence-corrected chi connectivity index (χ0v) is 12.7. The fourth-order valence-electron chi connectivity index (χ4n) is 1.90. The van der Waals surface area contributed by atoms with Gasteiger partial charge in [-0.1, -0.05) is 24.3 Å². The van der Waals surface area contributed by atoms with Crippen molar-refractivity contribution in [1.82, 2.24) is 10.2 Å². The van der Waals surface area contributed by atoms with E-state index in [9.17, 15) is 14.0 Å². The van der Waals surface area contributed by atoms with Gasteiger partial charge in [-0.25, -0.2) is 4.39 Å². The number of rotatable bonds is 9. The topological polar surface area (TPSA) is 58.6 Å². The van der Waals surface area contributed by atoms with Gasteiger partial charge in [0.1, 0.15) is 5.82 Å². The predicted octanol–water partition coefficient (Wildman–Crippen LogP) is 1.49. The number of halogens is 1. The van der Waals surface area contributed by atoms with Gasteiger partial charge < -0.3 is 10.1 Å². The van der Waals surface area contributed by atoms with Crippen molar-refractivity contribution in [1.29, 1.82) is 0 Å². The van der Waals surface area contributed by atoms with Gasteiger partial charge in [-0.15, -0.1) is 6.58 Å². The third-order valence-electron chi connectivity index (χ3n) is 2.99. The zero-order valence-electron chi connectivity index (χ0n) is 12.7. The Balaban J connectivity index is 2.49. The van der Waals surface area contributed by atoms with E-state index >= 15 is 0 Å². The Morgan fingerprint density at radius 3 is 2.77 bits per heavy atom. The standard InChI is InChI=1S/C16H21FN2O3/c1-3-10-19(11-13-6-4-5-7-14(13)17)12-15(20)18-9-8-16(21)22-2/h3-7H,1,8-12H2,2H3,(H,18,20). The summed E-state index contributed by atoms with van der Waals surface area (Å²) < 4.78 is 18.1. The summed E-state index contributed by atoms with van der Waals surface area (Å²) in [5.74, 6) is -0.917. The Kier molecular flexibility index (Phi) is 7.85. The maximum Gasteiger partial charge on any atom is 0.307 e. The molecule has 1 aromatic rings. The van der Waals surface area contributed by atoms with E-state index in [4.69, 9.17) is 0 Å². The second-order valence-corrected chi connectivity index (χ2v) is 4.73. The van der Waals surface area contributed by atoms with Crippen molar-refractivity contribution in [3.05, 3.63) is 48.3 Å². The van der Waals surface area contributed by atoms with Crippen LogP contribution in [-0.2, 0) is 20.9 Å². The molecule has 120 valence electrons. The molecule has 1 amide bonds. The summed E-state index contributed by atoms with van der Waals surface area (Å²) in [7, 11) is 1.30. The Morgan fingerprint density at radius 1 is 1.41 bits per heavy atom. The van der Waals surface area contributed by atoms with Crippen LogP contribution in [0.1, 0.15) is 12.0 Å². The van der Waals surface area contributed by atoms with Gasteiger partial charge >= 0.3 is 5.97 Å². The van der Waals surface area contributed by atoms with Crippen molar-refractivity contribution >= 4 is 11.9 Å². The first-order chi connectivity index (χ1) is 10.6. The largest absolute Gasteiger partial charge is 0.469 e. The number of ether oxygens (including phenoxy) is 1. The van der Waals surface area contributed by atoms with Crippen LogP contribution in [0.15, 0.2) is 36.9 Å². The molecule has 0 aliphatic carbocycles. The molecule has 1 rings (SSSR count). The minimum Gasteiger partial charge on any atom is -0.469 e. The number of methoxy groups -OCH3 is 1. The fraction of sp³-hybridized carbons (Fsp3) is 0.375. The molecule has 1 aromatic carbocycles. The normalized spacial score (nSPS) is 10.3. The van der Waals surface area contributed by atoms with Gasteiger partial charge in [-0.2, -0.15) is 0 Å². The van der Waals surface area contributed by atoms with Crippen molar-refractivity contribution in [2.75, 3.05) is 26.7 Å². The molecule has 22 heavy (non-hydrogen) atoms. The Labute approximate surface area is 129 Å². The van der Waals surface area contributed by atoms with Crippen LogP contribution in [0, 0.1) is 5.82 Å². The van der Waals surface area contributed by atoms with Crippen molar-refractivity contribution in [3.8, 4) is 0 Å². The summed E-state index contributed by atoms with van der Waals surface area (Å²) in [5.41, 5.74) is 0.520. The Morgan fingerprint density at radius 2 is 2.14 bits per heavy atom. The molecule has 0 radical (unpaired) electrons. The Hall–Kier alpha value is -2.21. The predicted molar refractivity (Wildman–Crippen MR) is 81.5 cm³/mol. The number of esters is 1. The molecular weight excluding hydrogens is 287 g/mol. The number of amides is 1. The van der Waals surface area contributed by atoms with Crippen molar-refractivity contribution < 1.29 is 18.7 Å². The van der Waals surface area contributed by atoms with Crippen LogP contribution in [0.3, 0.4) is 0 Å².